The van der Waals surface area contributed by atoms with E-state index in [0.717, 1.165) is 24.6 Å². The molecule has 19 heavy (non-hydrogen) atoms. The first kappa shape index (κ1) is 13.5. The highest BCUT2D eigenvalue weighted by Gasteiger charge is 2.22. The monoisotopic (exact) mass is 267 g/mol. The van der Waals surface area contributed by atoms with Crippen molar-refractivity contribution in [2.75, 3.05) is 68.3 Å². The van der Waals surface area contributed by atoms with Gasteiger partial charge < -0.3 is 30.7 Å². The summed E-state index contributed by atoms with van der Waals surface area (Å²) in [7, 11) is 5.34. The van der Waals surface area contributed by atoms with E-state index in [4.69, 9.17) is 4.74 Å². The smallest absolute Gasteiger partial charge is 0.184 e. The summed E-state index contributed by atoms with van der Waals surface area (Å²) in [6.07, 6.45) is 0. The summed E-state index contributed by atoms with van der Waals surface area (Å²) < 4.78 is 5.36. The van der Waals surface area contributed by atoms with Crippen molar-refractivity contribution < 1.29 is 9.84 Å². The molecule has 2 rings (SSSR count). The third kappa shape index (κ3) is 2.46. The molecule has 0 unspecified atom stereocenters. The molecule has 1 aliphatic rings. The fourth-order valence-corrected chi connectivity index (χ4v) is 2.22. The average molecular weight is 267 g/mol. The van der Waals surface area contributed by atoms with Gasteiger partial charge in [-0.3, -0.25) is 0 Å². The zero-order valence-electron chi connectivity index (χ0n) is 11.6. The Balaban J connectivity index is 2.50. The number of aromatic hydroxyl groups is 1. The molecule has 1 saturated heterocycles. The van der Waals surface area contributed by atoms with Crippen molar-refractivity contribution in [2.24, 2.45) is 0 Å². The maximum absolute atomic E-state index is 10.2. The number of anilines is 4. The summed E-state index contributed by atoms with van der Waals surface area (Å²) >= 11 is 0. The van der Waals surface area contributed by atoms with E-state index in [9.17, 15) is 5.11 Å². The van der Waals surface area contributed by atoms with Gasteiger partial charge in [-0.2, -0.15) is 0 Å². The van der Waals surface area contributed by atoms with Gasteiger partial charge in [0, 0.05) is 34.2 Å². The first-order chi connectivity index (χ1) is 9.22. The number of aromatic nitrogens is 1. The molecule has 0 spiro atoms. The van der Waals surface area contributed by atoms with Crippen molar-refractivity contribution in [3.63, 3.8) is 0 Å². The van der Waals surface area contributed by atoms with Crippen LogP contribution in [0, 0.1) is 0 Å². The molecule has 1 fully saturated rings. The van der Waals surface area contributed by atoms with Crippen LogP contribution in [0.3, 0.4) is 0 Å². The molecule has 7 heteroatoms. The number of hydrogen-bond acceptors (Lipinski definition) is 7. The molecule has 0 aromatic carbocycles. The molecular weight excluding hydrogens is 246 g/mol. The molecular formula is C12H21N5O2. The predicted molar refractivity (Wildman–Crippen MR) is 77.6 cm³/mol. The van der Waals surface area contributed by atoms with Crippen molar-refractivity contribution in [1.82, 2.24) is 4.98 Å². The topological polar surface area (TPSA) is 81.7 Å². The number of nitrogens with zero attached hydrogens (tertiary/aromatic N) is 2. The molecule has 0 atom stereocenters. The molecule has 0 bridgehead atoms. The van der Waals surface area contributed by atoms with E-state index in [2.05, 4.69) is 25.8 Å². The normalized spacial score (nSPS) is 15.2. The maximum Gasteiger partial charge on any atom is 0.184 e. The molecule has 0 amide bonds. The quantitative estimate of drug-likeness (QED) is 0.641. The highest BCUT2D eigenvalue weighted by Crippen LogP contribution is 2.42. The van der Waals surface area contributed by atoms with Crippen LogP contribution in [0.2, 0.25) is 0 Å². The summed E-state index contributed by atoms with van der Waals surface area (Å²) in [5, 5.41) is 19.2. The molecule has 2 heterocycles. The predicted octanol–water partition coefficient (Wildman–Crippen LogP) is 0.749. The van der Waals surface area contributed by atoms with E-state index >= 15 is 0 Å². The number of morpholine rings is 1. The van der Waals surface area contributed by atoms with E-state index in [1.807, 2.05) is 7.05 Å². The number of rotatable bonds is 4. The van der Waals surface area contributed by atoms with Gasteiger partial charge in [-0.1, -0.05) is 0 Å². The summed E-state index contributed by atoms with van der Waals surface area (Å²) in [6, 6.07) is 0. The van der Waals surface area contributed by atoms with E-state index in [-0.39, 0.29) is 5.75 Å². The SMILES string of the molecule is CNc1nc(N2CCOCC2)c(NC)c(NC)c1O. The van der Waals surface area contributed by atoms with Crippen LogP contribution in [0.25, 0.3) is 0 Å². The third-order valence-electron chi connectivity index (χ3n) is 3.20. The third-order valence-corrected chi connectivity index (χ3v) is 3.20. The van der Waals surface area contributed by atoms with E-state index < -0.39 is 0 Å². The van der Waals surface area contributed by atoms with Crippen LogP contribution in [0.1, 0.15) is 0 Å². The van der Waals surface area contributed by atoms with Gasteiger partial charge in [0.15, 0.2) is 17.4 Å². The van der Waals surface area contributed by atoms with Crippen LogP contribution in [-0.4, -0.2) is 57.5 Å². The minimum Gasteiger partial charge on any atom is -0.503 e. The zero-order chi connectivity index (χ0) is 13.8. The van der Waals surface area contributed by atoms with Crippen molar-refractivity contribution in [1.29, 1.82) is 0 Å². The second-order valence-electron chi connectivity index (χ2n) is 4.23. The van der Waals surface area contributed by atoms with Crippen molar-refractivity contribution >= 4 is 23.0 Å². The molecule has 0 radical (unpaired) electrons. The van der Waals surface area contributed by atoms with Gasteiger partial charge in [-0.05, 0) is 0 Å². The van der Waals surface area contributed by atoms with E-state index in [0.29, 0.717) is 24.7 Å². The number of nitrogens with one attached hydrogen (secondary N) is 3. The Morgan fingerprint density at radius 1 is 1.05 bits per heavy atom. The lowest BCUT2D eigenvalue weighted by molar-refractivity contribution is 0.122. The lowest BCUT2D eigenvalue weighted by Crippen LogP contribution is -2.37. The highest BCUT2D eigenvalue weighted by molar-refractivity contribution is 5.88. The highest BCUT2D eigenvalue weighted by atomic mass is 16.5. The molecule has 106 valence electrons. The maximum atomic E-state index is 10.2. The summed E-state index contributed by atoms with van der Waals surface area (Å²) in [5.41, 5.74) is 1.43. The van der Waals surface area contributed by atoms with Gasteiger partial charge in [-0.15, -0.1) is 0 Å². The first-order valence-corrected chi connectivity index (χ1v) is 6.35. The molecule has 7 nitrogen and oxygen atoms in total. The molecule has 1 aromatic heterocycles. The minimum atomic E-state index is 0.117. The van der Waals surface area contributed by atoms with E-state index in [1.54, 1.807) is 14.1 Å². The largest absolute Gasteiger partial charge is 0.503 e. The van der Waals surface area contributed by atoms with Crippen LogP contribution in [0.5, 0.6) is 5.75 Å². The Morgan fingerprint density at radius 2 is 1.68 bits per heavy atom. The van der Waals surface area contributed by atoms with Gasteiger partial charge in [0.05, 0.1) is 13.2 Å². The molecule has 0 aliphatic carbocycles. The van der Waals surface area contributed by atoms with Gasteiger partial charge in [-0.25, -0.2) is 4.98 Å². The number of hydrogen-bond donors (Lipinski definition) is 4. The Kier molecular flexibility index (Phi) is 4.16. The molecule has 1 aromatic rings. The Bertz CT molecular complexity index is 446. The lowest BCUT2D eigenvalue weighted by Gasteiger charge is -2.30. The Labute approximate surface area is 113 Å². The van der Waals surface area contributed by atoms with Crippen molar-refractivity contribution in [3.05, 3.63) is 0 Å². The van der Waals surface area contributed by atoms with Crippen LogP contribution < -0.4 is 20.9 Å². The van der Waals surface area contributed by atoms with Crippen LogP contribution in [-0.2, 0) is 4.74 Å². The molecule has 0 saturated carbocycles. The molecule has 4 N–H and O–H groups in total. The zero-order valence-corrected chi connectivity index (χ0v) is 11.6. The fraction of sp³-hybridized carbons (Fsp3) is 0.583. The van der Waals surface area contributed by atoms with Crippen LogP contribution >= 0.6 is 0 Å². The Hall–Kier alpha value is -1.89. The van der Waals surface area contributed by atoms with Crippen molar-refractivity contribution in [3.8, 4) is 5.75 Å². The summed E-state index contributed by atoms with van der Waals surface area (Å²) in [6.45, 7) is 2.96. The van der Waals surface area contributed by atoms with Gasteiger partial charge in [0.25, 0.3) is 0 Å². The second-order valence-corrected chi connectivity index (χ2v) is 4.23. The molecule has 1 aliphatic heterocycles. The fourth-order valence-electron chi connectivity index (χ4n) is 2.22. The van der Waals surface area contributed by atoms with E-state index in [1.165, 1.54) is 0 Å². The number of ether oxygens (including phenoxy) is 1. The van der Waals surface area contributed by atoms with Crippen LogP contribution in [0.4, 0.5) is 23.0 Å². The average Bonchev–Trinajstić information content (AvgIpc) is 2.47. The number of pyridine rings is 1. The second kappa shape index (κ2) is 5.83. The Morgan fingerprint density at radius 3 is 2.21 bits per heavy atom. The standard InChI is InChI=1S/C12H21N5O2/c1-13-8-9(14-2)12(16-11(15-3)10(8)18)17-4-6-19-7-5-17/h14,18H,4-7H2,1-3H3,(H2,13,15,16). The lowest BCUT2D eigenvalue weighted by atomic mass is 10.2. The minimum absolute atomic E-state index is 0.117. The van der Waals surface area contributed by atoms with Gasteiger partial charge in [0.1, 0.15) is 11.4 Å². The van der Waals surface area contributed by atoms with Gasteiger partial charge in [0.2, 0.25) is 0 Å². The summed E-state index contributed by atoms with van der Waals surface area (Å²) in [5.74, 6) is 1.40. The van der Waals surface area contributed by atoms with Crippen molar-refractivity contribution in [2.45, 2.75) is 0 Å². The van der Waals surface area contributed by atoms with Crippen LogP contribution in [0.15, 0.2) is 0 Å². The van der Waals surface area contributed by atoms with Gasteiger partial charge >= 0.3 is 0 Å². The first-order valence-electron chi connectivity index (χ1n) is 6.35. The summed E-state index contributed by atoms with van der Waals surface area (Å²) in [4.78, 5) is 6.65.